The number of hydrogen-bond acceptors (Lipinski definition) is 8. The molecule has 2 aliphatic heterocycles. The van der Waals surface area contributed by atoms with E-state index in [9.17, 15) is 19.8 Å². The number of aromatic nitrogens is 1. The molecule has 0 aromatic carbocycles. The van der Waals surface area contributed by atoms with Gasteiger partial charge in [0.1, 0.15) is 11.9 Å². The van der Waals surface area contributed by atoms with Crippen LogP contribution in [0.1, 0.15) is 84.3 Å². The number of carbonyl (C=O) groups excluding carboxylic acids is 2. The van der Waals surface area contributed by atoms with Gasteiger partial charge < -0.3 is 19.7 Å². The quantitative estimate of drug-likeness (QED) is 0.449. The first-order valence-electron chi connectivity index (χ1n) is 12.6. The summed E-state index contributed by atoms with van der Waals surface area (Å²) in [6.07, 6.45) is 1.98. The van der Waals surface area contributed by atoms with Gasteiger partial charge in [0.05, 0.1) is 46.5 Å². The molecule has 0 amide bonds. The van der Waals surface area contributed by atoms with E-state index >= 15 is 0 Å². The molecule has 0 spiro atoms. The molecule has 0 bridgehead atoms. The predicted molar refractivity (Wildman–Crippen MR) is 136 cm³/mol. The highest BCUT2D eigenvalue weighted by atomic mass is 32.1. The molecule has 7 nitrogen and oxygen atoms in total. The number of aliphatic hydroxyl groups excluding tert-OH is 2. The van der Waals surface area contributed by atoms with Gasteiger partial charge in [0.25, 0.3) is 0 Å². The Morgan fingerprint density at radius 2 is 1.91 bits per heavy atom. The van der Waals surface area contributed by atoms with Crippen molar-refractivity contribution in [2.75, 3.05) is 0 Å². The minimum absolute atomic E-state index is 0.0455. The highest BCUT2D eigenvalue weighted by Crippen LogP contribution is 2.45. The number of carbonyl (C=O) groups is 2. The average molecular weight is 508 g/mol. The number of ketones is 1. The summed E-state index contributed by atoms with van der Waals surface area (Å²) < 4.78 is 11.9. The van der Waals surface area contributed by atoms with E-state index in [1.807, 2.05) is 32.2 Å². The lowest BCUT2D eigenvalue weighted by atomic mass is 9.73. The molecule has 2 aliphatic rings. The normalized spacial score (nSPS) is 37.5. The van der Waals surface area contributed by atoms with Gasteiger partial charge >= 0.3 is 5.97 Å². The number of aliphatic hydroxyl groups is 2. The highest BCUT2D eigenvalue weighted by molar-refractivity contribution is 7.09. The molecule has 0 radical (unpaired) electrons. The van der Waals surface area contributed by atoms with E-state index in [4.69, 9.17) is 9.47 Å². The second-order valence-corrected chi connectivity index (χ2v) is 12.3. The maximum Gasteiger partial charge on any atom is 0.309 e. The van der Waals surface area contributed by atoms with Crippen molar-refractivity contribution < 1.29 is 29.3 Å². The Bertz CT molecular complexity index is 955. The second-order valence-electron chi connectivity index (χ2n) is 11.3. The largest absolute Gasteiger partial charge is 0.458 e. The SMILES string of the molecule is CC(=Cc1csc(C)n1)[C@@H]1C[C@@H]2OC2(C)CCC[C@H](C)[C@H](O)[C@@H](C)C(=O)C(C)(C)C(O)CC(=O)O1. The Labute approximate surface area is 212 Å². The number of rotatable bonds is 2. The van der Waals surface area contributed by atoms with E-state index in [0.717, 1.165) is 35.5 Å². The number of esters is 1. The maximum absolute atomic E-state index is 13.2. The molecule has 2 unspecified atom stereocenters. The van der Waals surface area contributed by atoms with E-state index < -0.39 is 35.6 Å². The molecule has 2 saturated heterocycles. The number of fused-ring (bicyclic) bond motifs is 1. The van der Waals surface area contributed by atoms with Crippen LogP contribution in [0.25, 0.3) is 6.08 Å². The first-order chi connectivity index (χ1) is 16.2. The lowest BCUT2D eigenvalue weighted by Gasteiger charge is -2.34. The molecule has 3 rings (SSSR count). The molecular formula is C27H41NO6S. The van der Waals surface area contributed by atoms with Crippen molar-refractivity contribution in [1.29, 1.82) is 0 Å². The molecule has 0 saturated carbocycles. The molecule has 8 heteroatoms. The van der Waals surface area contributed by atoms with Crippen LogP contribution >= 0.6 is 11.3 Å². The van der Waals surface area contributed by atoms with Gasteiger partial charge in [0.2, 0.25) is 0 Å². The molecule has 3 heterocycles. The van der Waals surface area contributed by atoms with Gasteiger partial charge in [-0.1, -0.05) is 34.1 Å². The zero-order valence-electron chi connectivity index (χ0n) is 22.0. The van der Waals surface area contributed by atoms with Crippen LogP contribution in [0.15, 0.2) is 11.0 Å². The van der Waals surface area contributed by atoms with E-state index in [0.29, 0.717) is 6.42 Å². The monoisotopic (exact) mass is 507 g/mol. The second kappa shape index (κ2) is 10.8. The number of epoxide rings is 1. The Morgan fingerprint density at radius 1 is 1.23 bits per heavy atom. The number of ether oxygens (including phenoxy) is 2. The molecule has 196 valence electrons. The summed E-state index contributed by atoms with van der Waals surface area (Å²) in [6.45, 7) is 12.8. The van der Waals surface area contributed by atoms with Crippen molar-refractivity contribution in [2.45, 2.75) is 111 Å². The minimum atomic E-state index is -1.23. The van der Waals surface area contributed by atoms with E-state index in [-0.39, 0.29) is 29.8 Å². The minimum Gasteiger partial charge on any atom is -0.458 e. The van der Waals surface area contributed by atoms with Crippen LogP contribution in [0.3, 0.4) is 0 Å². The van der Waals surface area contributed by atoms with Crippen LogP contribution < -0.4 is 0 Å². The van der Waals surface area contributed by atoms with Crippen LogP contribution in [0.5, 0.6) is 0 Å². The predicted octanol–water partition coefficient (Wildman–Crippen LogP) is 4.48. The Hall–Kier alpha value is -1.61. The van der Waals surface area contributed by atoms with Gasteiger partial charge in [0, 0.05) is 17.7 Å². The molecule has 2 N–H and O–H groups in total. The Balaban J connectivity index is 1.85. The molecule has 1 aromatic rings. The van der Waals surface area contributed by atoms with Gasteiger partial charge in [-0.05, 0) is 51.2 Å². The van der Waals surface area contributed by atoms with E-state index in [2.05, 4.69) is 11.9 Å². The number of nitrogens with zero attached hydrogens (tertiary/aromatic N) is 1. The fourth-order valence-electron chi connectivity index (χ4n) is 5.07. The third-order valence-corrected chi connectivity index (χ3v) is 8.72. The average Bonchev–Trinajstić information content (AvgIpc) is 3.22. The number of Topliss-reactive ketones (excluding diaryl/α,β-unsaturated/α-hetero) is 1. The van der Waals surface area contributed by atoms with Gasteiger partial charge in [-0.25, -0.2) is 4.98 Å². The zero-order chi connectivity index (χ0) is 26.1. The van der Waals surface area contributed by atoms with Crippen LogP contribution in [-0.4, -0.2) is 57.0 Å². The van der Waals surface area contributed by atoms with Crippen molar-refractivity contribution >= 4 is 29.2 Å². The van der Waals surface area contributed by atoms with Crippen LogP contribution in [0, 0.1) is 24.2 Å². The number of thiazole rings is 1. The van der Waals surface area contributed by atoms with E-state index in [1.54, 1.807) is 32.1 Å². The molecule has 1 aromatic heterocycles. The third-order valence-electron chi connectivity index (χ3n) is 7.93. The summed E-state index contributed by atoms with van der Waals surface area (Å²) in [4.78, 5) is 30.6. The Kier molecular flexibility index (Phi) is 8.62. The lowest BCUT2D eigenvalue weighted by Crippen LogP contribution is -2.45. The molecule has 35 heavy (non-hydrogen) atoms. The highest BCUT2D eigenvalue weighted by Gasteiger charge is 2.53. The lowest BCUT2D eigenvalue weighted by molar-refractivity contribution is -0.154. The zero-order valence-corrected chi connectivity index (χ0v) is 22.9. The van der Waals surface area contributed by atoms with Crippen molar-refractivity contribution in [2.24, 2.45) is 17.3 Å². The van der Waals surface area contributed by atoms with Crippen molar-refractivity contribution in [1.82, 2.24) is 4.98 Å². The summed E-state index contributed by atoms with van der Waals surface area (Å²) in [5.41, 5.74) is 0.179. The summed E-state index contributed by atoms with van der Waals surface area (Å²) in [7, 11) is 0. The summed E-state index contributed by atoms with van der Waals surface area (Å²) in [5, 5.41) is 24.6. The van der Waals surface area contributed by atoms with Crippen LogP contribution in [-0.2, 0) is 19.1 Å². The van der Waals surface area contributed by atoms with Gasteiger partial charge in [0.15, 0.2) is 0 Å². The van der Waals surface area contributed by atoms with Gasteiger partial charge in [-0.2, -0.15) is 0 Å². The van der Waals surface area contributed by atoms with Crippen molar-refractivity contribution in [3.05, 3.63) is 21.7 Å². The van der Waals surface area contributed by atoms with Crippen molar-refractivity contribution in [3.63, 3.8) is 0 Å². The molecule has 2 fully saturated rings. The Morgan fingerprint density at radius 3 is 2.54 bits per heavy atom. The summed E-state index contributed by atoms with van der Waals surface area (Å²) in [5.74, 6) is -1.55. The number of hydrogen-bond donors (Lipinski definition) is 2. The van der Waals surface area contributed by atoms with Crippen molar-refractivity contribution in [3.8, 4) is 0 Å². The fourth-order valence-corrected chi connectivity index (χ4v) is 5.64. The first kappa shape index (κ1) is 28.0. The number of aryl methyl sites for hydroxylation is 1. The van der Waals surface area contributed by atoms with E-state index in [1.165, 1.54) is 0 Å². The smallest absolute Gasteiger partial charge is 0.309 e. The first-order valence-corrected chi connectivity index (χ1v) is 13.5. The maximum atomic E-state index is 13.2. The van der Waals surface area contributed by atoms with Gasteiger partial charge in [-0.3, -0.25) is 9.59 Å². The standard InChI is InChI=1S/C27H41NO6S/c1-15-9-8-10-27(7)22(34-27)12-20(16(2)11-19-14-35-18(4)28-19)33-23(30)13-21(29)26(5,6)25(32)17(3)24(15)31/h11,14-15,17,20-22,24,29,31H,8-10,12-13H2,1-7H3/t15-,17+,20-,21?,22-,24-,27?/m0/s1. The summed E-state index contributed by atoms with van der Waals surface area (Å²) >= 11 is 1.56. The summed E-state index contributed by atoms with van der Waals surface area (Å²) in [6, 6.07) is 0. The molecular weight excluding hydrogens is 466 g/mol. The van der Waals surface area contributed by atoms with Crippen LogP contribution in [0.2, 0.25) is 0 Å². The number of cyclic esters (lactones) is 1. The third kappa shape index (κ3) is 6.59. The topological polar surface area (TPSA) is 109 Å². The molecule has 0 aliphatic carbocycles. The van der Waals surface area contributed by atoms with Crippen LogP contribution in [0.4, 0.5) is 0 Å². The fraction of sp³-hybridized carbons (Fsp3) is 0.741. The van der Waals surface area contributed by atoms with Gasteiger partial charge in [-0.15, -0.1) is 11.3 Å². The molecule has 7 atom stereocenters.